The van der Waals surface area contributed by atoms with Gasteiger partial charge < -0.3 is 10.1 Å². The molecular weight excluding hydrogens is 398 g/mol. The fraction of sp³-hybridized carbons (Fsp3) is 0.211. The van der Waals surface area contributed by atoms with Crippen LogP contribution in [-0.4, -0.2) is 23.6 Å². The zero-order chi connectivity index (χ0) is 18.9. The lowest BCUT2D eigenvalue weighted by Crippen LogP contribution is -2.34. The van der Waals surface area contributed by atoms with Crippen LogP contribution in [0.2, 0.25) is 0 Å². The van der Waals surface area contributed by atoms with E-state index in [0.717, 1.165) is 4.47 Å². The zero-order valence-corrected chi connectivity index (χ0v) is 16.1. The Morgan fingerprint density at radius 3 is 2.42 bits per heavy atom. The van der Waals surface area contributed by atoms with Crippen molar-refractivity contribution in [2.45, 2.75) is 26.4 Å². The van der Waals surface area contributed by atoms with Crippen LogP contribution in [0.1, 0.15) is 20.3 Å². The zero-order valence-electron chi connectivity index (χ0n) is 14.5. The van der Waals surface area contributed by atoms with Crippen LogP contribution in [-0.2, 0) is 9.59 Å². The van der Waals surface area contributed by atoms with Gasteiger partial charge in [-0.1, -0.05) is 34.1 Å². The van der Waals surface area contributed by atoms with E-state index in [9.17, 15) is 9.59 Å². The Hall–Kier alpha value is -2.67. The summed E-state index contributed by atoms with van der Waals surface area (Å²) < 4.78 is 6.47. The number of para-hydroxylation sites is 1. The van der Waals surface area contributed by atoms with Crippen LogP contribution in [0.3, 0.4) is 0 Å². The molecule has 0 bridgehead atoms. The molecule has 0 heterocycles. The standard InChI is InChI=1S/C19H20BrN3O3/c1-13(12-18(24)21-16-6-4-3-5-7-16)22-23-19(25)14(2)26-17-10-8-15(20)9-11-17/h3-11,14H,12H2,1-2H3,(H,21,24)(H,23,25)/b22-13+. The summed E-state index contributed by atoms with van der Waals surface area (Å²) in [4.78, 5) is 24.0. The third kappa shape index (κ3) is 6.68. The first-order valence-electron chi connectivity index (χ1n) is 8.04. The number of benzene rings is 2. The molecule has 1 unspecified atom stereocenters. The highest BCUT2D eigenvalue weighted by atomic mass is 79.9. The smallest absolute Gasteiger partial charge is 0.280 e. The van der Waals surface area contributed by atoms with Gasteiger partial charge in [-0.05, 0) is 50.2 Å². The minimum atomic E-state index is -0.717. The maximum absolute atomic E-state index is 12.0. The van der Waals surface area contributed by atoms with Gasteiger partial charge >= 0.3 is 0 Å². The summed E-state index contributed by atoms with van der Waals surface area (Å²) in [6.45, 7) is 3.30. The van der Waals surface area contributed by atoms with Crippen LogP contribution < -0.4 is 15.5 Å². The van der Waals surface area contributed by atoms with Gasteiger partial charge in [-0.25, -0.2) is 5.43 Å². The normalized spacial score (nSPS) is 12.2. The predicted molar refractivity (Wildman–Crippen MR) is 105 cm³/mol. The quantitative estimate of drug-likeness (QED) is 0.531. The maximum atomic E-state index is 12.0. The number of ether oxygens (including phenoxy) is 1. The molecule has 0 spiro atoms. The van der Waals surface area contributed by atoms with E-state index in [0.29, 0.717) is 17.1 Å². The molecule has 0 aliphatic rings. The molecule has 0 aliphatic carbocycles. The summed E-state index contributed by atoms with van der Waals surface area (Å²) in [5, 5.41) is 6.71. The summed E-state index contributed by atoms with van der Waals surface area (Å²) >= 11 is 3.34. The van der Waals surface area contributed by atoms with Gasteiger partial charge in [-0.2, -0.15) is 5.10 Å². The lowest BCUT2D eigenvalue weighted by molar-refractivity contribution is -0.127. The Bertz CT molecular complexity index is 776. The number of halogens is 1. The molecule has 0 saturated heterocycles. The number of carbonyl (C=O) groups excluding carboxylic acids is 2. The van der Waals surface area contributed by atoms with Crippen LogP contribution in [0.25, 0.3) is 0 Å². The van der Waals surface area contributed by atoms with Crippen molar-refractivity contribution in [2.24, 2.45) is 5.10 Å². The second-order valence-electron chi connectivity index (χ2n) is 5.63. The number of carbonyl (C=O) groups is 2. The fourth-order valence-corrected chi connectivity index (χ4v) is 2.28. The summed E-state index contributed by atoms with van der Waals surface area (Å²) in [5.74, 6) is -0.0135. The second kappa shape index (κ2) is 9.72. The van der Waals surface area contributed by atoms with Gasteiger partial charge in [0.2, 0.25) is 5.91 Å². The Labute approximate surface area is 160 Å². The number of rotatable bonds is 7. The fourth-order valence-electron chi connectivity index (χ4n) is 2.01. The number of amides is 2. The van der Waals surface area contributed by atoms with E-state index in [2.05, 4.69) is 31.8 Å². The molecule has 6 nitrogen and oxygen atoms in total. The van der Waals surface area contributed by atoms with Gasteiger partial charge in [0, 0.05) is 15.9 Å². The topological polar surface area (TPSA) is 79.8 Å². The first kappa shape index (κ1) is 19.7. The molecule has 0 aromatic heterocycles. The third-order valence-electron chi connectivity index (χ3n) is 3.33. The molecule has 7 heteroatoms. The minimum absolute atomic E-state index is 0.0805. The van der Waals surface area contributed by atoms with Crippen molar-refractivity contribution in [3.8, 4) is 5.75 Å². The monoisotopic (exact) mass is 417 g/mol. The molecule has 0 aliphatic heterocycles. The van der Waals surface area contributed by atoms with Gasteiger partial charge in [0.25, 0.3) is 5.91 Å². The Morgan fingerprint density at radius 2 is 1.77 bits per heavy atom. The Balaban J connectivity index is 1.80. The first-order chi connectivity index (χ1) is 12.4. The van der Waals surface area contributed by atoms with E-state index in [1.807, 2.05) is 30.3 Å². The average Bonchev–Trinajstić information content (AvgIpc) is 2.62. The SMILES string of the molecule is C/C(CC(=O)Nc1ccccc1)=N\NC(=O)C(C)Oc1ccc(Br)cc1. The van der Waals surface area contributed by atoms with E-state index < -0.39 is 12.0 Å². The molecule has 2 amide bonds. The van der Waals surface area contributed by atoms with Gasteiger partial charge in [0.1, 0.15) is 5.75 Å². The molecule has 0 fully saturated rings. The number of hydrogen-bond donors (Lipinski definition) is 2. The van der Waals surface area contributed by atoms with Crippen LogP contribution in [0.5, 0.6) is 5.75 Å². The minimum Gasteiger partial charge on any atom is -0.481 e. The lowest BCUT2D eigenvalue weighted by Gasteiger charge is -2.13. The predicted octanol–water partition coefficient (Wildman–Crippen LogP) is 3.74. The summed E-state index contributed by atoms with van der Waals surface area (Å²) in [7, 11) is 0. The van der Waals surface area contributed by atoms with Crippen molar-refractivity contribution in [3.05, 3.63) is 59.1 Å². The van der Waals surface area contributed by atoms with Crippen molar-refractivity contribution in [3.63, 3.8) is 0 Å². The van der Waals surface area contributed by atoms with E-state index in [1.165, 1.54) is 0 Å². The highest BCUT2D eigenvalue weighted by Crippen LogP contribution is 2.17. The largest absolute Gasteiger partial charge is 0.481 e. The van der Waals surface area contributed by atoms with Crippen LogP contribution >= 0.6 is 15.9 Å². The van der Waals surface area contributed by atoms with E-state index >= 15 is 0 Å². The van der Waals surface area contributed by atoms with Crippen molar-refractivity contribution < 1.29 is 14.3 Å². The molecule has 136 valence electrons. The van der Waals surface area contributed by atoms with Crippen LogP contribution in [0.15, 0.2) is 64.2 Å². The van der Waals surface area contributed by atoms with Crippen molar-refractivity contribution in [1.29, 1.82) is 0 Å². The summed E-state index contributed by atoms with van der Waals surface area (Å²) in [6.07, 6.45) is -0.636. The summed E-state index contributed by atoms with van der Waals surface area (Å²) in [6, 6.07) is 16.3. The van der Waals surface area contributed by atoms with E-state index in [1.54, 1.807) is 38.1 Å². The molecular formula is C19H20BrN3O3. The lowest BCUT2D eigenvalue weighted by atomic mass is 10.2. The molecule has 2 aromatic carbocycles. The molecule has 26 heavy (non-hydrogen) atoms. The number of nitrogens with zero attached hydrogens (tertiary/aromatic N) is 1. The summed E-state index contributed by atoms with van der Waals surface area (Å²) in [5.41, 5.74) is 3.62. The van der Waals surface area contributed by atoms with Gasteiger partial charge in [-0.3, -0.25) is 9.59 Å². The number of hydrazone groups is 1. The average molecular weight is 418 g/mol. The van der Waals surface area contributed by atoms with Crippen LogP contribution in [0.4, 0.5) is 5.69 Å². The number of hydrogen-bond acceptors (Lipinski definition) is 4. The van der Waals surface area contributed by atoms with Gasteiger partial charge in [-0.15, -0.1) is 0 Å². The Morgan fingerprint density at radius 1 is 1.12 bits per heavy atom. The molecule has 1 atom stereocenters. The second-order valence-corrected chi connectivity index (χ2v) is 6.54. The van der Waals surface area contributed by atoms with Crippen molar-refractivity contribution in [2.75, 3.05) is 5.32 Å². The first-order valence-corrected chi connectivity index (χ1v) is 8.83. The van der Waals surface area contributed by atoms with Crippen molar-refractivity contribution in [1.82, 2.24) is 5.43 Å². The van der Waals surface area contributed by atoms with Crippen LogP contribution in [0, 0.1) is 0 Å². The van der Waals surface area contributed by atoms with Gasteiger partial charge in [0.15, 0.2) is 6.10 Å². The molecule has 2 rings (SSSR count). The van der Waals surface area contributed by atoms with E-state index in [-0.39, 0.29) is 12.3 Å². The molecule has 0 radical (unpaired) electrons. The Kier molecular flexibility index (Phi) is 7.35. The maximum Gasteiger partial charge on any atom is 0.280 e. The molecule has 2 N–H and O–H groups in total. The van der Waals surface area contributed by atoms with Gasteiger partial charge in [0.05, 0.1) is 6.42 Å². The highest BCUT2D eigenvalue weighted by Gasteiger charge is 2.14. The molecule has 0 saturated carbocycles. The third-order valence-corrected chi connectivity index (χ3v) is 3.86. The number of nitrogens with one attached hydrogen (secondary N) is 2. The highest BCUT2D eigenvalue weighted by molar-refractivity contribution is 9.10. The number of anilines is 1. The molecule has 2 aromatic rings. The van der Waals surface area contributed by atoms with Crippen molar-refractivity contribution >= 4 is 39.1 Å². The van der Waals surface area contributed by atoms with E-state index in [4.69, 9.17) is 4.74 Å².